The lowest BCUT2D eigenvalue weighted by atomic mass is 10.1. The van der Waals surface area contributed by atoms with Gasteiger partial charge in [-0.25, -0.2) is 12.8 Å². The molecule has 0 atom stereocenters. The van der Waals surface area contributed by atoms with E-state index in [1.165, 1.54) is 23.2 Å². The molecule has 3 rings (SSSR count). The van der Waals surface area contributed by atoms with Crippen LogP contribution in [-0.4, -0.2) is 48.8 Å². The molecule has 5 nitrogen and oxygen atoms in total. The molecule has 0 unspecified atom stereocenters. The van der Waals surface area contributed by atoms with Crippen LogP contribution in [0.1, 0.15) is 10.4 Å². The van der Waals surface area contributed by atoms with Crippen LogP contribution in [0.3, 0.4) is 0 Å². The molecule has 0 N–H and O–H groups in total. The number of rotatable bonds is 1. The Labute approximate surface area is 121 Å². The minimum Gasteiger partial charge on any atom is -0.337 e. The third kappa shape index (κ3) is 2.87. The van der Waals surface area contributed by atoms with Crippen molar-refractivity contribution < 1.29 is 17.6 Å². The van der Waals surface area contributed by atoms with Crippen LogP contribution in [0.5, 0.6) is 0 Å². The van der Waals surface area contributed by atoms with Gasteiger partial charge in [-0.2, -0.15) is 0 Å². The van der Waals surface area contributed by atoms with Crippen molar-refractivity contribution in [3.05, 3.63) is 41.8 Å². The summed E-state index contributed by atoms with van der Waals surface area (Å²) in [4.78, 5) is 18.0. The first-order chi connectivity index (χ1) is 9.94. The van der Waals surface area contributed by atoms with E-state index in [2.05, 4.69) is 4.98 Å². The lowest BCUT2D eigenvalue weighted by Crippen LogP contribution is -2.43. The molecule has 1 aromatic heterocycles. The molecule has 0 aliphatic carbocycles. The highest BCUT2D eigenvalue weighted by Gasteiger charge is 2.25. The highest BCUT2D eigenvalue weighted by atomic mass is 32.2. The highest BCUT2D eigenvalue weighted by Crippen LogP contribution is 2.17. The highest BCUT2D eigenvalue weighted by molar-refractivity contribution is 7.91. The van der Waals surface area contributed by atoms with Gasteiger partial charge in [0.1, 0.15) is 5.82 Å². The first kappa shape index (κ1) is 13.9. The molecule has 2 heterocycles. The fourth-order valence-corrected chi connectivity index (χ4v) is 3.52. The first-order valence-electron chi connectivity index (χ1n) is 6.50. The minimum atomic E-state index is -3.03. The Hall–Kier alpha value is -2.02. The monoisotopic (exact) mass is 308 g/mol. The largest absolute Gasteiger partial charge is 0.337 e. The predicted octanol–water partition coefficient (Wildman–Crippen LogP) is 1.24. The number of halogens is 1. The van der Waals surface area contributed by atoms with Gasteiger partial charge in [0.25, 0.3) is 5.91 Å². The molecule has 0 bridgehead atoms. The molecule has 1 saturated heterocycles. The lowest BCUT2D eigenvalue weighted by Gasteiger charge is -2.26. The molecule has 0 saturated carbocycles. The molecule has 1 amide bonds. The second-order valence-corrected chi connectivity index (χ2v) is 7.31. The summed E-state index contributed by atoms with van der Waals surface area (Å²) >= 11 is 0. The van der Waals surface area contributed by atoms with Crippen LogP contribution in [0.4, 0.5) is 4.39 Å². The Balaban J connectivity index is 1.88. The molecule has 0 radical (unpaired) electrons. The van der Waals surface area contributed by atoms with Crippen molar-refractivity contribution in [3.63, 3.8) is 0 Å². The fourth-order valence-electron chi connectivity index (χ4n) is 2.32. The van der Waals surface area contributed by atoms with Gasteiger partial charge in [-0.1, -0.05) is 0 Å². The van der Waals surface area contributed by atoms with E-state index >= 15 is 0 Å². The molecular formula is C14H13FN2O3S. The van der Waals surface area contributed by atoms with E-state index in [0.717, 1.165) is 0 Å². The number of benzene rings is 1. The van der Waals surface area contributed by atoms with Gasteiger partial charge < -0.3 is 4.90 Å². The van der Waals surface area contributed by atoms with E-state index in [4.69, 9.17) is 0 Å². The number of carbonyl (C=O) groups excluding carboxylic acids is 1. The average molecular weight is 308 g/mol. The third-order valence-corrected chi connectivity index (χ3v) is 5.13. The van der Waals surface area contributed by atoms with Crippen molar-refractivity contribution >= 4 is 26.6 Å². The predicted molar refractivity (Wildman–Crippen MR) is 76.3 cm³/mol. The lowest BCUT2D eigenvalue weighted by molar-refractivity contribution is 0.0770. The number of hydrogen-bond acceptors (Lipinski definition) is 4. The summed E-state index contributed by atoms with van der Waals surface area (Å²) < 4.78 is 36.0. The molecule has 110 valence electrons. The number of pyridine rings is 1. The number of fused-ring (bicyclic) bond motifs is 1. The van der Waals surface area contributed by atoms with Gasteiger partial charge >= 0.3 is 0 Å². The van der Waals surface area contributed by atoms with E-state index in [0.29, 0.717) is 16.5 Å². The minimum absolute atomic E-state index is 0.0195. The molecule has 1 aliphatic rings. The van der Waals surface area contributed by atoms with Crippen LogP contribution in [0, 0.1) is 5.82 Å². The standard InChI is InChI=1S/C14H13FN2O3S/c15-12-1-2-13-10(8-12)7-11(9-16-13)14(18)17-3-5-21(19,20)6-4-17/h1-2,7-9H,3-6H2. The van der Waals surface area contributed by atoms with Gasteiger partial charge in [0.05, 0.1) is 22.6 Å². The number of aromatic nitrogens is 1. The topological polar surface area (TPSA) is 67.3 Å². The van der Waals surface area contributed by atoms with E-state index in [1.54, 1.807) is 12.1 Å². The Morgan fingerprint density at radius 2 is 1.90 bits per heavy atom. The number of hydrogen-bond donors (Lipinski definition) is 0. The average Bonchev–Trinajstić information content (AvgIpc) is 2.45. The summed E-state index contributed by atoms with van der Waals surface area (Å²) in [5.41, 5.74) is 0.946. The molecule has 2 aromatic rings. The zero-order valence-corrected chi connectivity index (χ0v) is 11.9. The Kier molecular flexibility index (Phi) is 3.36. The summed E-state index contributed by atoms with van der Waals surface area (Å²) in [6.45, 7) is 0.366. The van der Waals surface area contributed by atoms with Crippen LogP contribution >= 0.6 is 0 Å². The van der Waals surface area contributed by atoms with Crippen molar-refractivity contribution in [2.24, 2.45) is 0 Å². The van der Waals surface area contributed by atoms with Gasteiger partial charge in [-0.05, 0) is 24.3 Å². The number of amides is 1. The van der Waals surface area contributed by atoms with Crippen molar-refractivity contribution in [1.29, 1.82) is 0 Å². The third-order valence-electron chi connectivity index (χ3n) is 3.52. The molecule has 1 fully saturated rings. The maximum absolute atomic E-state index is 13.2. The molecule has 21 heavy (non-hydrogen) atoms. The number of sulfone groups is 1. The Morgan fingerprint density at radius 3 is 2.62 bits per heavy atom. The number of carbonyl (C=O) groups is 1. The van der Waals surface area contributed by atoms with Crippen molar-refractivity contribution in [1.82, 2.24) is 9.88 Å². The van der Waals surface area contributed by atoms with Crippen LogP contribution < -0.4 is 0 Å². The van der Waals surface area contributed by atoms with Crippen molar-refractivity contribution in [3.8, 4) is 0 Å². The summed E-state index contributed by atoms with van der Waals surface area (Å²) in [5, 5.41) is 0.547. The Bertz CT molecular complexity index is 806. The molecule has 0 spiro atoms. The fraction of sp³-hybridized carbons (Fsp3) is 0.286. The molecule has 1 aromatic carbocycles. The summed E-state index contributed by atoms with van der Waals surface area (Å²) in [5.74, 6) is -0.704. The Morgan fingerprint density at radius 1 is 1.19 bits per heavy atom. The normalized spacial score (nSPS) is 17.9. The molecular weight excluding hydrogens is 295 g/mol. The molecule has 1 aliphatic heterocycles. The van der Waals surface area contributed by atoms with Gasteiger partial charge in [-0.15, -0.1) is 0 Å². The second-order valence-electron chi connectivity index (χ2n) is 5.01. The molecule has 7 heteroatoms. The van der Waals surface area contributed by atoms with Crippen LogP contribution in [-0.2, 0) is 9.84 Å². The van der Waals surface area contributed by atoms with Crippen molar-refractivity contribution in [2.45, 2.75) is 0 Å². The SMILES string of the molecule is O=C(c1cnc2ccc(F)cc2c1)N1CCS(=O)(=O)CC1. The smallest absolute Gasteiger partial charge is 0.255 e. The number of nitrogens with zero attached hydrogens (tertiary/aromatic N) is 2. The van der Waals surface area contributed by atoms with Gasteiger partial charge in [-0.3, -0.25) is 9.78 Å². The quantitative estimate of drug-likeness (QED) is 0.795. The van der Waals surface area contributed by atoms with Crippen LogP contribution in [0.25, 0.3) is 10.9 Å². The van der Waals surface area contributed by atoms with E-state index in [1.807, 2.05) is 0 Å². The van der Waals surface area contributed by atoms with Gasteiger partial charge in [0, 0.05) is 24.7 Å². The van der Waals surface area contributed by atoms with E-state index in [-0.39, 0.29) is 30.5 Å². The second kappa shape index (κ2) is 5.07. The van der Waals surface area contributed by atoms with E-state index < -0.39 is 15.7 Å². The van der Waals surface area contributed by atoms with Gasteiger partial charge in [0.2, 0.25) is 0 Å². The maximum Gasteiger partial charge on any atom is 0.255 e. The zero-order valence-electron chi connectivity index (χ0n) is 11.1. The van der Waals surface area contributed by atoms with Crippen LogP contribution in [0.15, 0.2) is 30.5 Å². The zero-order chi connectivity index (χ0) is 15.0. The van der Waals surface area contributed by atoms with E-state index in [9.17, 15) is 17.6 Å². The summed E-state index contributed by atoms with van der Waals surface area (Å²) in [7, 11) is -3.03. The van der Waals surface area contributed by atoms with Crippen molar-refractivity contribution in [2.75, 3.05) is 24.6 Å². The summed E-state index contributed by atoms with van der Waals surface area (Å²) in [6, 6.07) is 5.76. The van der Waals surface area contributed by atoms with Gasteiger partial charge in [0.15, 0.2) is 9.84 Å². The summed E-state index contributed by atoms with van der Waals surface area (Å²) in [6.07, 6.45) is 1.44. The maximum atomic E-state index is 13.2. The van der Waals surface area contributed by atoms with Crippen LogP contribution in [0.2, 0.25) is 0 Å². The first-order valence-corrected chi connectivity index (χ1v) is 8.32.